The topological polar surface area (TPSA) is 66.5 Å². The van der Waals surface area contributed by atoms with E-state index in [4.69, 9.17) is 0 Å². The van der Waals surface area contributed by atoms with E-state index in [2.05, 4.69) is 4.72 Å². The van der Waals surface area contributed by atoms with Crippen LogP contribution in [0.5, 0.6) is 0 Å². The molecule has 0 aliphatic carbocycles. The minimum Gasteiger partial charge on any atom is -0.312 e. The summed E-state index contributed by atoms with van der Waals surface area (Å²) in [5.41, 5.74) is 3.47. The van der Waals surface area contributed by atoms with Gasteiger partial charge in [0.2, 0.25) is 5.91 Å². The van der Waals surface area contributed by atoms with E-state index in [-0.39, 0.29) is 10.8 Å². The van der Waals surface area contributed by atoms with Crippen LogP contribution in [0.1, 0.15) is 31.4 Å². The number of carbonyl (C=O) groups excluding carboxylic acids is 1. The van der Waals surface area contributed by atoms with Crippen molar-refractivity contribution in [3.8, 4) is 0 Å². The van der Waals surface area contributed by atoms with Gasteiger partial charge in [-0.25, -0.2) is 8.42 Å². The Hall–Kier alpha value is -2.34. The zero-order valence-corrected chi connectivity index (χ0v) is 15.3. The van der Waals surface area contributed by atoms with Crippen molar-refractivity contribution in [1.82, 2.24) is 0 Å². The average molecular weight is 358 g/mol. The Morgan fingerprint density at radius 2 is 1.76 bits per heavy atom. The van der Waals surface area contributed by atoms with E-state index in [1.807, 2.05) is 38.1 Å². The molecule has 2 aromatic rings. The summed E-state index contributed by atoms with van der Waals surface area (Å²) in [6.45, 7) is 4.57. The van der Waals surface area contributed by atoms with Crippen molar-refractivity contribution in [2.75, 3.05) is 16.2 Å². The number of hydrogen-bond donors (Lipinski definition) is 1. The van der Waals surface area contributed by atoms with Crippen LogP contribution in [0.2, 0.25) is 0 Å². The van der Waals surface area contributed by atoms with E-state index in [9.17, 15) is 13.2 Å². The smallest absolute Gasteiger partial charge is 0.261 e. The number of sulfonamides is 1. The van der Waals surface area contributed by atoms with E-state index in [1.165, 1.54) is 0 Å². The molecule has 0 aromatic heterocycles. The largest absolute Gasteiger partial charge is 0.312 e. The number of nitrogens with zero attached hydrogens (tertiary/aromatic N) is 1. The quantitative estimate of drug-likeness (QED) is 0.891. The summed E-state index contributed by atoms with van der Waals surface area (Å²) in [5, 5.41) is 0. The molecule has 0 spiro atoms. The van der Waals surface area contributed by atoms with Gasteiger partial charge in [-0.3, -0.25) is 9.52 Å². The molecule has 0 unspecified atom stereocenters. The zero-order valence-electron chi connectivity index (χ0n) is 14.5. The van der Waals surface area contributed by atoms with Crippen LogP contribution < -0.4 is 9.62 Å². The Morgan fingerprint density at radius 3 is 2.40 bits per heavy atom. The molecule has 2 aromatic carbocycles. The third-order valence-corrected chi connectivity index (χ3v) is 5.89. The summed E-state index contributed by atoms with van der Waals surface area (Å²) in [6, 6.07) is 12.2. The number of carbonyl (C=O) groups is 1. The predicted octanol–water partition coefficient (Wildman–Crippen LogP) is 3.35. The van der Waals surface area contributed by atoms with Crippen LogP contribution in [0.25, 0.3) is 0 Å². The van der Waals surface area contributed by atoms with Gasteiger partial charge in [-0.1, -0.05) is 19.1 Å². The van der Waals surface area contributed by atoms with Crippen molar-refractivity contribution in [3.05, 3.63) is 53.6 Å². The van der Waals surface area contributed by atoms with Crippen LogP contribution in [-0.2, 0) is 27.7 Å². The molecule has 1 heterocycles. The fourth-order valence-electron chi connectivity index (χ4n) is 3.09. The van der Waals surface area contributed by atoms with E-state index in [0.29, 0.717) is 25.1 Å². The average Bonchev–Trinajstić information content (AvgIpc) is 2.61. The molecule has 1 aliphatic heterocycles. The third kappa shape index (κ3) is 3.54. The molecule has 132 valence electrons. The molecular formula is C19H22N2O3S. The molecule has 0 fully saturated rings. The van der Waals surface area contributed by atoms with Gasteiger partial charge in [-0.15, -0.1) is 0 Å². The van der Waals surface area contributed by atoms with Crippen molar-refractivity contribution in [3.63, 3.8) is 0 Å². The number of rotatable bonds is 5. The number of anilines is 2. The van der Waals surface area contributed by atoms with Crippen molar-refractivity contribution in [2.45, 2.75) is 38.0 Å². The first-order valence-corrected chi connectivity index (χ1v) is 9.98. The van der Waals surface area contributed by atoms with Gasteiger partial charge in [0.25, 0.3) is 10.0 Å². The van der Waals surface area contributed by atoms with Crippen molar-refractivity contribution < 1.29 is 13.2 Å². The third-order valence-electron chi connectivity index (χ3n) is 4.49. The highest BCUT2D eigenvalue weighted by Gasteiger charge is 2.23. The van der Waals surface area contributed by atoms with E-state index in [0.717, 1.165) is 23.2 Å². The van der Waals surface area contributed by atoms with Gasteiger partial charge in [0.05, 0.1) is 4.90 Å². The summed E-state index contributed by atoms with van der Waals surface area (Å²) in [5.74, 6) is 0.111. The number of nitrogens with one attached hydrogen (secondary N) is 1. The second-order valence-corrected chi connectivity index (χ2v) is 7.77. The number of amides is 1. The lowest BCUT2D eigenvalue weighted by Crippen LogP contribution is -2.34. The van der Waals surface area contributed by atoms with Crippen molar-refractivity contribution >= 4 is 27.3 Å². The summed E-state index contributed by atoms with van der Waals surface area (Å²) in [4.78, 5) is 13.9. The highest BCUT2D eigenvalue weighted by molar-refractivity contribution is 7.92. The van der Waals surface area contributed by atoms with Crippen molar-refractivity contribution in [1.29, 1.82) is 0 Å². The van der Waals surface area contributed by atoms with Crippen molar-refractivity contribution in [2.24, 2.45) is 0 Å². The molecule has 0 atom stereocenters. The molecule has 25 heavy (non-hydrogen) atoms. The van der Waals surface area contributed by atoms with Gasteiger partial charge in [0.1, 0.15) is 0 Å². The minimum absolute atomic E-state index is 0.111. The van der Waals surface area contributed by atoms with Gasteiger partial charge in [-0.05, 0) is 61.2 Å². The Morgan fingerprint density at radius 1 is 1.04 bits per heavy atom. The molecule has 6 heteroatoms. The van der Waals surface area contributed by atoms with Crippen LogP contribution in [-0.4, -0.2) is 20.9 Å². The van der Waals surface area contributed by atoms with Gasteiger partial charge in [-0.2, -0.15) is 0 Å². The normalized spacial score (nSPS) is 14.3. The lowest BCUT2D eigenvalue weighted by molar-refractivity contribution is -0.118. The van der Waals surface area contributed by atoms with E-state index >= 15 is 0 Å². The highest BCUT2D eigenvalue weighted by Crippen LogP contribution is 2.30. The first kappa shape index (κ1) is 17.5. The van der Waals surface area contributed by atoms with Crippen LogP contribution in [0, 0.1) is 0 Å². The summed E-state index contributed by atoms with van der Waals surface area (Å²) < 4.78 is 27.8. The van der Waals surface area contributed by atoms with Gasteiger partial charge in [0.15, 0.2) is 0 Å². The van der Waals surface area contributed by atoms with Crippen LogP contribution in [0.15, 0.2) is 47.4 Å². The number of benzene rings is 2. The number of aryl methyl sites for hydroxylation is 2. The molecule has 0 saturated heterocycles. The summed E-state index contributed by atoms with van der Waals surface area (Å²) in [6.07, 6.45) is 1.95. The van der Waals surface area contributed by atoms with Crippen LogP contribution in [0.3, 0.4) is 0 Å². The SMILES string of the molecule is CCc1ccc(S(=O)(=O)Nc2ccc3c(c2)CCC(=O)N3CC)cc1. The molecule has 5 nitrogen and oxygen atoms in total. The van der Waals surface area contributed by atoms with E-state index < -0.39 is 10.0 Å². The number of hydrogen-bond acceptors (Lipinski definition) is 3. The maximum Gasteiger partial charge on any atom is 0.261 e. The fraction of sp³-hybridized carbons (Fsp3) is 0.316. The first-order chi connectivity index (χ1) is 11.9. The summed E-state index contributed by atoms with van der Waals surface area (Å²) in [7, 11) is -3.63. The van der Waals surface area contributed by atoms with Crippen LogP contribution >= 0.6 is 0 Å². The van der Waals surface area contributed by atoms with E-state index in [1.54, 1.807) is 23.1 Å². The number of fused-ring (bicyclic) bond motifs is 1. The maximum absolute atomic E-state index is 12.6. The standard InChI is InChI=1S/C19H22N2O3S/c1-3-14-5-9-17(10-6-14)25(23,24)20-16-8-11-18-15(13-16)7-12-19(22)21(18)4-2/h5-6,8-11,13,20H,3-4,7,12H2,1-2H3. The molecular weight excluding hydrogens is 336 g/mol. The van der Waals surface area contributed by atoms with Gasteiger partial charge < -0.3 is 4.90 Å². The minimum atomic E-state index is -3.63. The molecule has 1 aliphatic rings. The molecule has 3 rings (SSSR count). The fourth-order valence-corrected chi connectivity index (χ4v) is 4.14. The maximum atomic E-state index is 12.6. The second-order valence-electron chi connectivity index (χ2n) is 6.08. The summed E-state index contributed by atoms with van der Waals surface area (Å²) >= 11 is 0. The molecule has 1 amide bonds. The molecule has 0 radical (unpaired) electrons. The molecule has 1 N–H and O–H groups in total. The highest BCUT2D eigenvalue weighted by atomic mass is 32.2. The Labute approximate surface area is 148 Å². The zero-order chi connectivity index (χ0) is 18.0. The monoisotopic (exact) mass is 358 g/mol. The molecule has 0 saturated carbocycles. The lowest BCUT2D eigenvalue weighted by atomic mass is 10.0. The van der Waals surface area contributed by atoms with Gasteiger partial charge in [0, 0.05) is 24.3 Å². The van der Waals surface area contributed by atoms with Gasteiger partial charge >= 0.3 is 0 Å². The Bertz CT molecular complexity index is 889. The lowest BCUT2D eigenvalue weighted by Gasteiger charge is -2.28. The Balaban J connectivity index is 1.86. The molecule has 0 bridgehead atoms. The predicted molar refractivity (Wildman–Crippen MR) is 99.4 cm³/mol. The Kier molecular flexibility index (Phi) is 4.81. The first-order valence-electron chi connectivity index (χ1n) is 8.49. The van der Waals surface area contributed by atoms with Crippen LogP contribution in [0.4, 0.5) is 11.4 Å². The second kappa shape index (κ2) is 6.88.